The fourth-order valence-electron chi connectivity index (χ4n) is 1.52. The SMILES string of the molecule is O=C(/C=C/c1ccc([N+](=O)[O-])cc1)Oc1ccc(Cl)cc1. The van der Waals surface area contributed by atoms with E-state index in [9.17, 15) is 14.9 Å². The van der Waals surface area contributed by atoms with Crippen LogP contribution in [0.3, 0.4) is 0 Å². The van der Waals surface area contributed by atoms with Crippen LogP contribution in [0.4, 0.5) is 5.69 Å². The summed E-state index contributed by atoms with van der Waals surface area (Å²) in [4.78, 5) is 21.6. The Labute approximate surface area is 125 Å². The second kappa shape index (κ2) is 6.67. The molecule has 2 rings (SSSR count). The zero-order valence-electron chi connectivity index (χ0n) is 10.7. The Bertz CT molecular complexity index is 678. The molecule has 6 heteroatoms. The van der Waals surface area contributed by atoms with Gasteiger partial charge < -0.3 is 4.74 Å². The topological polar surface area (TPSA) is 69.4 Å². The maximum atomic E-state index is 11.6. The highest BCUT2D eigenvalue weighted by atomic mass is 35.5. The van der Waals surface area contributed by atoms with Gasteiger partial charge in [0.2, 0.25) is 0 Å². The van der Waals surface area contributed by atoms with Gasteiger partial charge in [0, 0.05) is 23.2 Å². The molecule has 0 fully saturated rings. The second-order valence-electron chi connectivity index (χ2n) is 4.06. The number of nitro groups is 1. The van der Waals surface area contributed by atoms with Crippen LogP contribution in [0.5, 0.6) is 5.75 Å². The third-order valence-corrected chi connectivity index (χ3v) is 2.80. The molecule has 5 nitrogen and oxygen atoms in total. The molecular weight excluding hydrogens is 294 g/mol. The first kappa shape index (κ1) is 14.7. The first-order valence-corrected chi connectivity index (χ1v) is 6.32. The van der Waals surface area contributed by atoms with Crippen molar-refractivity contribution in [3.8, 4) is 5.75 Å². The second-order valence-corrected chi connectivity index (χ2v) is 4.49. The Morgan fingerprint density at radius 2 is 1.71 bits per heavy atom. The fraction of sp³-hybridized carbons (Fsp3) is 0. The standard InChI is InChI=1S/C15H10ClNO4/c16-12-4-8-14(9-5-12)21-15(18)10-3-11-1-6-13(7-2-11)17(19)20/h1-10H/b10-3+. The third kappa shape index (κ3) is 4.43. The summed E-state index contributed by atoms with van der Waals surface area (Å²) >= 11 is 5.72. The minimum Gasteiger partial charge on any atom is -0.423 e. The summed E-state index contributed by atoms with van der Waals surface area (Å²) in [5.41, 5.74) is 0.657. The summed E-state index contributed by atoms with van der Waals surface area (Å²) in [7, 11) is 0. The van der Waals surface area contributed by atoms with E-state index in [-0.39, 0.29) is 5.69 Å². The molecule has 0 bridgehead atoms. The minimum atomic E-state index is -0.546. The van der Waals surface area contributed by atoms with E-state index in [1.165, 1.54) is 24.3 Å². The summed E-state index contributed by atoms with van der Waals surface area (Å²) in [6.45, 7) is 0. The van der Waals surface area contributed by atoms with Gasteiger partial charge in [-0.1, -0.05) is 11.6 Å². The number of benzene rings is 2. The molecule has 0 aromatic heterocycles. The number of rotatable bonds is 4. The number of nitro benzene ring substituents is 1. The Hall–Kier alpha value is -2.66. The summed E-state index contributed by atoms with van der Waals surface area (Å²) in [5.74, 6) is -0.159. The number of halogens is 1. The molecule has 0 saturated heterocycles. The molecular formula is C15H10ClNO4. The molecule has 0 aliphatic heterocycles. The van der Waals surface area contributed by atoms with Crippen LogP contribution in [0.2, 0.25) is 5.02 Å². The first-order chi connectivity index (χ1) is 10.0. The van der Waals surface area contributed by atoms with Crippen LogP contribution < -0.4 is 4.74 Å². The van der Waals surface area contributed by atoms with Crippen molar-refractivity contribution in [1.82, 2.24) is 0 Å². The normalized spacial score (nSPS) is 10.5. The Balaban J connectivity index is 1.98. The average molecular weight is 304 g/mol. The van der Waals surface area contributed by atoms with Crippen molar-refractivity contribution in [2.24, 2.45) is 0 Å². The van der Waals surface area contributed by atoms with E-state index < -0.39 is 10.9 Å². The third-order valence-electron chi connectivity index (χ3n) is 2.55. The molecule has 106 valence electrons. The predicted molar refractivity (Wildman–Crippen MR) is 79.2 cm³/mol. The summed E-state index contributed by atoms with van der Waals surface area (Å²) in [5, 5.41) is 11.1. The monoisotopic (exact) mass is 303 g/mol. The lowest BCUT2D eigenvalue weighted by molar-refractivity contribution is -0.384. The summed E-state index contributed by atoms with van der Waals surface area (Å²) in [6.07, 6.45) is 2.76. The van der Waals surface area contributed by atoms with Gasteiger partial charge in [0.25, 0.3) is 5.69 Å². The van der Waals surface area contributed by atoms with E-state index in [2.05, 4.69) is 0 Å². The number of hydrogen-bond donors (Lipinski definition) is 0. The van der Waals surface area contributed by atoms with Crippen LogP contribution in [0.25, 0.3) is 6.08 Å². The van der Waals surface area contributed by atoms with Gasteiger partial charge in [0.05, 0.1) is 4.92 Å². The predicted octanol–water partition coefficient (Wildman–Crippen LogP) is 3.87. The maximum absolute atomic E-state index is 11.6. The molecule has 0 saturated carbocycles. The molecule has 0 aliphatic rings. The van der Waals surface area contributed by atoms with Crippen molar-refractivity contribution in [2.75, 3.05) is 0 Å². The van der Waals surface area contributed by atoms with Gasteiger partial charge in [-0.2, -0.15) is 0 Å². The molecule has 0 atom stereocenters. The lowest BCUT2D eigenvalue weighted by atomic mass is 10.2. The van der Waals surface area contributed by atoms with Gasteiger partial charge in [-0.25, -0.2) is 4.79 Å². The lowest BCUT2D eigenvalue weighted by Gasteiger charge is -2.00. The molecule has 2 aromatic carbocycles. The van der Waals surface area contributed by atoms with Crippen LogP contribution in [-0.2, 0) is 4.79 Å². The molecule has 0 radical (unpaired) electrons. The number of carbonyl (C=O) groups is 1. The lowest BCUT2D eigenvalue weighted by Crippen LogP contribution is -2.03. The van der Waals surface area contributed by atoms with Crippen molar-refractivity contribution >= 4 is 29.3 Å². The van der Waals surface area contributed by atoms with E-state index in [0.717, 1.165) is 0 Å². The van der Waals surface area contributed by atoms with E-state index in [1.54, 1.807) is 36.4 Å². The Kier molecular flexibility index (Phi) is 4.68. The van der Waals surface area contributed by atoms with E-state index in [4.69, 9.17) is 16.3 Å². The van der Waals surface area contributed by atoms with Gasteiger partial charge in [0.15, 0.2) is 0 Å². The van der Waals surface area contributed by atoms with Crippen LogP contribution in [-0.4, -0.2) is 10.9 Å². The van der Waals surface area contributed by atoms with E-state index >= 15 is 0 Å². The van der Waals surface area contributed by atoms with Crippen molar-refractivity contribution < 1.29 is 14.5 Å². The highest BCUT2D eigenvalue weighted by molar-refractivity contribution is 6.30. The molecule has 0 N–H and O–H groups in total. The van der Waals surface area contributed by atoms with Crippen molar-refractivity contribution in [1.29, 1.82) is 0 Å². The van der Waals surface area contributed by atoms with Crippen LogP contribution >= 0.6 is 11.6 Å². The largest absolute Gasteiger partial charge is 0.423 e. The van der Waals surface area contributed by atoms with Crippen LogP contribution in [0.15, 0.2) is 54.6 Å². The highest BCUT2D eigenvalue weighted by Crippen LogP contribution is 2.16. The molecule has 0 heterocycles. The van der Waals surface area contributed by atoms with Gasteiger partial charge >= 0.3 is 5.97 Å². The molecule has 2 aromatic rings. The Morgan fingerprint density at radius 1 is 1.10 bits per heavy atom. The van der Waals surface area contributed by atoms with Gasteiger partial charge in [0.1, 0.15) is 5.75 Å². The number of nitrogens with zero attached hydrogens (tertiary/aromatic N) is 1. The fourth-order valence-corrected chi connectivity index (χ4v) is 1.65. The van der Waals surface area contributed by atoms with E-state index in [1.807, 2.05) is 0 Å². The number of non-ortho nitro benzene ring substituents is 1. The summed E-state index contributed by atoms with van der Waals surface area (Å²) in [6, 6.07) is 12.2. The van der Waals surface area contributed by atoms with Crippen molar-refractivity contribution in [3.63, 3.8) is 0 Å². The molecule has 0 aliphatic carbocycles. The number of ether oxygens (including phenoxy) is 1. The first-order valence-electron chi connectivity index (χ1n) is 5.94. The van der Waals surface area contributed by atoms with E-state index in [0.29, 0.717) is 16.3 Å². The minimum absolute atomic E-state index is 0.00380. The smallest absolute Gasteiger partial charge is 0.336 e. The van der Waals surface area contributed by atoms with Crippen molar-refractivity contribution in [3.05, 3.63) is 75.3 Å². The van der Waals surface area contributed by atoms with Gasteiger partial charge in [-0.05, 0) is 48.0 Å². The van der Waals surface area contributed by atoms with Gasteiger partial charge in [-0.15, -0.1) is 0 Å². The maximum Gasteiger partial charge on any atom is 0.336 e. The zero-order chi connectivity index (χ0) is 15.2. The number of hydrogen-bond acceptors (Lipinski definition) is 4. The zero-order valence-corrected chi connectivity index (χ0v) is 11.5. The summed E-state index contributed by atoms with van der Waals surface area (Å²) < 4.78 is 5.06. The molecule has 0 spiro atoms. The highest BCUT2D eigenvalue weighted by Gasteiger charge is 2.03. The molecule has 0 amide bonds. The molecule has 0 unspecified atom stereocenters. The van der Waals surface area contributed by atoms with Crippen LogP contribution in [0.1, 0.15) is 5.56 Å². The van der Waals surface area contributed by atoms with Crippen LogP contribution in [0, 0.1) is 10.1 Å². The van der Waals surface area contributed by atoms with Crippen molar-refractivity contribution in [2.45, 2.75) is 0 Å². The molecule has 21 heavy (non-hydrogen) atoms. The quantitative estimate of drug-likeness (QED) is 0.283. The number of esters is 1. The average Bonchev–Trinajstić information content (AvgIpc) is 2.48. The van der Waals surface area contributed by atoms with Gasteiger partial charge in [-0.3, -0.25) is 10.1 Å². The number of carbonyl (C=O) groups excluding carboxylic acids is 1. The Morgan fingerprint density at radius 3 is 2.29 bits per heavy atom.